The van der Waals surface area contributed by atoms with Gasteiger partial charge in [0.2, 0.25) is 5.95 Å². The summed E-state index contributed by atoms with van der Waals surface area (Å²) in [6, 6.07) is 1.26. The number of aromatic nitrogens is 1. The molecule has 5 heteroatoms. The quantitative estimate of drug-likeness (QED) is 0.325. The monoisotopic (exact) mass is 209 g/mol. The second kappa shape index (κ2) is 4.99. The summed E-state index contributed by atoms with van der Waals surface area (Å²) in [5.41, 5.74) is 0.189. The van der Waals surface area contributed by atoms with Crippen molar-refractivity contribution in [2.75, 3.05) is 7.11 Å². The second-order valence-corrected chi connectivity index (χ2v) is 2.59. The number of pyridine rings is 1. The molecule has 0 aromatic carbocycles. The first-order valence-corrected chi connectivity index (χ1v) is 4.04. The van der Waals surface area contributed by atoms with Crippen molar-refractivity contribution >= 4 is 18.3 Å². The van der Waals surface area contributed by atoms with Crippen LogP contribution < -0.4 is 0 Å². The lowest BCUT2D eigenvalue weighted by Gasteiger charge is -2.00. The molecule has 0 atom stereocenters. The molecule has 0 aliphatic carbocycles. The summed E-state index contributed by atoms with van der Waals surface area (Å²) >= 11 is 0. The summed E-state index contributed by atoms with van der Waals surface area (Å²) in [5.74, 6) is -1.70. The third-order valence-electron chi connectivity index (χ3n) is 1.63. The van der Waals surface area contributed by atoms with Crippen molar-refractivity contribution in [3.05, 3.63) is 35.4 Å². The summed E-state index contributed by atoms with van der Waals surface area (Å²) in [4.78, 5) is 24.5. The van der Waals surface area contributed by atoms with Crippen LogP contribution in [0.3, 0.4) is 0 Å². The highest BCUT2D eigenvalue weighted by molar-refractivity contribution is 5.90. The molecule has 78 valence electrons. The lowest BCUT2D eigenvalue weighted by molar-refractivity contribution is -0.104. The Hall–Kier alpha value is -2.04. The third kappa shape index (κ3) is 2.70. The number of carbonyl (C=O) groups excluding carboxylic acids is 2. The van der Waals surface area contributed by atoms with Crippen molar-refractivity contribution in [1.29, 1.82) is 0 Å². The minimum atomic E-state index is -0.898. The number of hydrogen-bond acceptors (Lipinski definition) is 4. The van der Waals surface area contributed by atoms with Crippen molar-refractivity contribution in [2.24, 2.45) is 0 Å². The topological polar surface area (TPSA) is 56.3 Å². The van der Waals surface area contributed by atoms with Gasteiger partial charge in [0.05, 0.1) is 7.11 Å². The molecule has 1 heterocycles. The maximum atomic E-state index is 13.0. The molecule has 0 aliphatic heterocycles. The maximum absolute atomic E-state index is 13.0. The van der Waals surface area contributed by atoms with Gasteiger partial charge in [-0.15, -0.1) is 0 Å². The molecule has 1 rings (SSSR count). The molecule has 0 amide bonds. The van der Waals surface area contributed by atoms with Gasteiger partial charge in [0.15, 0.2) is 0 Å². The average molecular weight is 209 g/mol. The number of nitrogens with zero attached hydrogens (tertiary/aromatic N) is 1. The number of methoxy groups -OCH3 is 1. The lowest BCUT2D eigenvalue weighted by atomic mass is 10.2. The lowest BCUT2D eigenvalue weighted by Crippen LogP contribution is -2.06. The minimum Gasteiger partial charge on any atom is -0.465 e. The Labute approximate surface area is 85.4 Å². The van der Waals surface area contributed by atoms with Crippen LogP contribution in [0.15, 0.2) is 18.3 Å². The van der Waals surface area contributed by atoms with E-state index in [1.165, 1.54) is 24.4 Å². The molecular weight excluding hydrogens is 201 g/mol. The first-order valence-electron chi connectivity index (χ1n) is 4.04. The number of hydrogen-bond donors (Lipinski definition) is 0. The predicted octanol–water partition coefficient (Wildman–Crippen LogP) is 1.22. The second-order valence-electron chi connectivity index (χ2n) is 2.59. The summed E-state index contributed by atoms with van der Waals surface area (Å²) in [5, 5.41) is 0. The van der Waals surface area contributed by atoms with Gasteiger partial charge >= 0.3 is 5.97 Å². The molecule has 0 aliphatic rings. The number of allylic oxidation sites excluding steroid dienone is 1. The zero-order valence-corrected chi connectivity index (χ0v) is 7.94. The molecule has 0 saturated heterocycles. The van der Waals surface area contributed by atoms with Gasteiger partial charge in [-0.25, -0.2) is 9.78 Å². The van der Waals surface area contributed by atoms with Crippen LogP contribution in [-0.2, 0) is 9.53 Å². The number of esters is 1. The SMILES string of the molecule is COC(=O)c1cc(C=CC=O)cnc1F. The zero-order chi connectivity index (χ0) is 11.3. The van der Waals surface area contributed by atoms with Gasteiger partial charge in [0.25, 0.3) is 0 Å². The van der Waals surface area contributed by atoms with E-state index in [2.05, 4.69) is 9.72 Å². The molecular formula is C10H8FNO3. The van der Waals surface area contributed by atoms with Gasteiger partial charge < -0.3 is 4.74 Å². The number of carbonyl (C=O) groups is 2. The van der Waals surface area contributed by atoms with Crippen molar-refractivity contribution in [1.82, 2.24) is 4.98 Å². The van der Waals surface area contributed by atoms with Crippen LogP contribution in [0.1, 0.15) is 15.9 Å². The largest absolute Gasteiger partial charge is 0.465 e. The first kappa shape index (κ1) is 11.0. The summed E-state index contributed by atoms with van der Waals surface area (Å²) < 4.78 is 17.4. The van der Waals surface area contributed by atoms with Gasteiger partial charge in [-0.05, 0) is 17.7 Å². The number of rotatable bonds is 3. The van der Waals surface area contributed by atoms with Crippen LogP contribution in [0.5, 0.6) is 0 Å². The highest BCUT2D eigenvalue weighted by atomic mass is 19.1. The van der Waals surface area contributed by atoms with E-state index in [1.54, 1.807) is 0 Å². The molecule has 15 heavy (non-hydrogen) atoms. The van der Waals surface area contributed by atoms with Crippen LogP contribution in [0, 0.1) is 5.95 Å². The molecule has 0 fully saturated rings. The smallest absolute Gasteiger partial charge is 0.342 e. The van der Waals surface area contributed by atoms with Crippen LogP contribution >= 0.6 is 0 Å². The first-order chi connectivity index (χ1) is 7.19. The van der Waals surface area contributed by atoms with E-state index >= 15 is 0 Å². The summed E-state index contributed by atoms with van der Waals surface area (Å²) in [6.45, 7) is 0. The molecule has 0 N–H and O–H groups in total. The van der Waals surface area contributed by atoms with Crippen molar-refractivity contribution in [3.8, 4) is 0 Å². The molecule has 0 saturated carbocycles. The summed E-state index contributed by atoms with van der Waals surface area (Å²) in [6.07, 6.45) is 4.41. The maximum Gasteiger partial charge on any atom is 0.342 e. The van der Waals surface area contributed by atoms with E-state index in [0.717, 1.165) is 7.11 Å². The Morgan fingerprint density at radius 1 is 1.60 bits per heavy atom. The van der Waals surface area contributed by atoms with E-state index in [0.29, 0.717) is 11.8 Å². The highest BCUT2D eigenvalue weighted by Gasteiger charge is 2.13. The molecule has 4 nitrogen and oxygen atoms in total. The third-order valence-corrected chi connectivity index (χ3v) is 1.63. The fraction of sp³-hybridized carbons (Fsp3) is 0.100. The van der Waals surface area contributed by atoms with Crippen molar-refractivity contribution < 1.29 is 18.7 Å². The van der Waals surface area contributed by atoms with Gasteiger partial charge in [-0.2, -0.15) is 4.39 Å². The van der Waals surface area contributed by atoms with Gasteiger partial charge in [-0.1, -0.05) is 6.08 Å². The Kier molecular flexibility index (Phi) is 3.68. The normalized spacial score (nSPS) is 10.3. The van der Waals surface area contributed by atoms with Gasteiger partial charge in [-0.3, -0.25) is 4.79 Å². The predicted molar refractivity (Wildman–Crippen MR) is 50.6 cm³/mol. The number of halogens is 1. The highest BCUT2D eigenvalue weighted by Crippen LogP contribution is 2.10. The molecule has 1 aromatic rings. The van der Waals surface area contributed by atoms with Gasteiger partial charge in [0.1, 0.15) is 11.8 Å². The Morgan fingerprint density at radius 3 is 2.93 bits per heavy atom. The fourth-order valence-corrected chi connectivity index (χ4v) is 0.959. The molecule has 0 radical (unpaired) electrons. The number of ether oxygens (including phenoxy) is 1. The van der Waals surface area contributed by atoms with E-state index < -0.39 is 11.9 Å². The Balaban J connectivity index is 3.10. The van der Waals surface area contributed by atoms with Crippen molar-refractivity contribution in [2.45, 2.75) is 0 Å². The zero-order valence-electron chi connectivity index (χ0n) is 7.94. The van der Waals surface area contributed by atoms with Crippen LogP contribution in [-0.4, -0.2) is 24.3 Å². The minimum absolute atomic E-state index is 0.259. The molecule has 1 aromatic heterocycles. The standard InChI is InChI=1S/C10H8FNO3/c1-15-10(14)8-5-7(3-2-4-13)6-12-9(8)11/h2-6H,1H3. The van der Waals surface area contributed by atoms with Gasteiger partial charge in [0, 0.05) is 6.20 Å². The van der Waals surface area contributed by atoms with Crippen LogP contribution in [0.4, 0.5) is 4.39 Å². The van der Waals surface area contributed by atoms with E-state index in [4.69, 9.17) is 0 Å². The van der Waals surface area contributed by atoms with E-state index in [1.807, 2.05) is 0 Å². The van der Waals surface area contributed by atoms with E-state index in [9.17, 15) is 14.0 Å². The van der Waals surface area contributed by atoms with Crippen LogP contribution in [0.2, 0.25) is 0 Å². The van der Waals surface area contributed by atoms with E-state index in [-0.39, 0.29) is 5.56 Å². The molecule has 0 unspecified atom stereocenters. The Bertz CT molecular complexity index is 415. The molecule has 0 bridgehead atoms. The average Bonchev–Trinajstić information content (AvgIpc) is 2.27. The summed E-state index contributed by atoms with van der Waals surface area (Å²) in [7, 11) is 1.15. The fourth-order valence-electron chi connectivity index (χ4n) is 0.959. The number of aldehydes is 1. The van der Waals surface area contributed by atoms with Crippen molar-refractivity contribution in [3.63, 3.8) is 0 Å². The Morgan fingerprint density at radius 2 is 2.33 bits per heavy atom. The molecule has 0 spiro atoms. The van der Waals surface area contributed by atoms with Crippen LogP contribution in [0.25, 0.3) is 6.08 Å².